The lowest BCUT2D eigenvalue weighted by atomic mass is 9.85. The average molecular weight is 253 g/mol. The van der Waals surface area contributed by atoms with Gasteiger partial charge in [0.05, 0.1) is 0 Å². The molecule has 0 N–H and O–H groups in total. The van der Waals surface area contributed by atoms with Crippen LogP contribution in [0.1, 0.15) is 47.3 Å². The second kappa shape index (κ2) is 3.10. The summed E-state index contributed by atoms with van der Waals surface area (Å²) in [6.45, 7) is 9.07. The fraction of sp³-hybridized carbons (Fsp3) is 0.538. The smallest absolute Gasteiger partial charge is 0.0406 e. The summed E-state index contributed by atoms with van der Waals surface area (Å²) in [5.41, 5.74) is 6.19. The SMILES string of the molecule is Cc1cc2c(cc1C)C(C)(C)CC2Br. The van der Waals surface area contributed by atoms with Crippen LogP contribution >= 0.6 is 15.9 Å². The van der Waals surface area contributed by atoms with E-state index >= 15 is 0 Å². The van der Waals surface area contributed by atoms with E-state index in [1.807, 2.05) is 0 Å². The van der Waals surface area contributed by atoms with Gasteiger partial charge in [0.2, 0.25) is 0 Å². The maximum Gasteiger partial charge on any atom is 0.0406 e. The first-order valence-corrected chi connectivity index (χ1v) is 6.09. The molecule has 0 aliphatic heterocycles. The minimum Gasteiger partial charge on any atom is -0.0838 e. The molecule has 0 radical (unpaired) electrons. The van der Waals surface area contributed by atoms with Gasteiger partial charge in [-0.3, -0.25) is 0 Å². The Hall–Kier alpha value is -0.300. The van der Waals surface area contributed by atoms with Crippen LogP contribution in [0.5, 0.6) is 0 Å². The van der Waals surface area contributed by atoms with E-state index in [1.54, 1.807) is 0 Å². The van der Waals surface area contributed by atoms with Crippen molar-refractivity contribution in [2.24, 2.45) is 0 Å². The molecule has 0 heterocycles. The number of rotatable bonds is 0. The maximum absolute atomic E-state index is 3.77. The van der Waals surface area contributed by atoms with E-state index in [2.05, 4.69) is 55.8 Å². The molecule has 1 aromatic rings. The predicted molar refractivity (Wildman–Crippen MR) is 65.2 cm³/mol. The van der Waals surface area contributed by atoms with Crippen LogP contribution in [-0.4, -0.2) is 0 Å². The molecule has 0 saturated carbocycles. The third kappa shape index (κ3) is 1.42. The molecule has 1 atom stereocenters. The quantitative estimate of drug-likeness (QED) is 0.600. The number of halogens is 1. The van der Waals surface area contributed by atoms with Gasteiger partial charge >= 0.3 is 0 Å². The molecule has 1 aliphatic carbocycles. The van der Waals surface area contributed by atoms with Gasteiger partial charge in [-0.05, 0) is 47.9 Å². The summed E-state index contributed by atoms with van der Waals surface area (Å²) in [7, 11) is 0. The van der Waals surface area contributed by atoms with Gasteiger partial charge < -0.3 is 0 Å². The van der Waals surface area contributed by atoms with Crippen LogP contribution in [0.4, 0.5) is 0 Å². The van der Waals surface area contributed by atoms with Crippen LogP contribution in [0.3, 0.4) is 0 Å². The third-order valence-electron chi connectivity index (χ3n) is 3.42. The van der Waals surface area contributed by atoms with Crippen LogP contribution < -0.4 is 0 Å². The molecule has 1 aromatic carbocycles. The summed E-state index contributed by atoms with van der Waals surface area (Å²) in [6.07, 6.45) is 1.21. The minimum absolute atomic E-state index is 0.335. The molecule has 1 unspecified atom stereocenters. The topological polar surface area (TPSA) is 0 Å². The van der Waals surface area contributed by atoms with Crippen molar-refractivity contribution in [3.63, 3.8) is 0 Å². The van der Waals surface area contributed by atoms with E-state index in [4.69, 9.17) is 0 Å². The summed E-state index contributed by atoms with van der Waals surface area (Å²) in [5.74, 6) is 0. The van der Waals surface area contributed by atoms with Gasteiger partial charge in [-0.15, -0.1) is 0 Å². The molecule has 0 saturated heterocycles. The molecule has 1 aliphatic rings. The van der Waals surface area contributed by atoms with Crippen molar-refractivity contribution in [1.29, 1.82) is 0 Å². The molecule has 0 amide bonds. The fourth-order valence-electron chi connectivity index (χ4n) is 2.35. The zero-order chi connectivity index (χ0) is 10.5. The Balaban J connectivity index is 2.64. The summed E-state index contributed by atoms with van der Waals surface area (Å²) in [4.78, 5) is 0.548. The second-order valence-electron chi connectivity index (χ2n) is 5.08. The first-order chi connectivity index (χ1) is 6.42. The molecular weight excluding hydrogens is 236 g/mol. The molecule has 1 heteroatoms. The maximum atomic E-state index is 3.77. The van der Waals surface area contributed by atoms with Gasteiger partial charge in [0.1, 0.15) is 0 Å². The fourth-order valence-corrected chi connectivity index (χ4v) is 3.54. The van der Waals surface area contributed by atoms with Crippen LogP contribution in [0.2, 0.25) is 0 Å². The van der Waals surface area contributed by atoms with Gasteiger partial charge in [-0.1, -0.05) is 41.9 Å². The minimum atomic E-state index is 0.335. The number of aryl methyl sites for hydroxylation is 2. The first-order valence-electron chi connectivity index (χ1n) is 5.17. The molecule has 14 heavy (non-hydrogen) atoms. The largest absolute Gasteiger partial charge is 0.0838 e. The predicted octanol–water partition coefficient (Wildman–Crippen LogP) is 4.42. The highest BCUT2D eigenvalue weighted by molar-refractivity contribution is 9.09. The van der Waals surface area contributed by atoms with Crippen molar-refractivity contribution in [3.8, 4) is 0 Å². The van der Waals surface area contributed by atoms with Gasteiger partial charge in [-0.25, -0.2) is 0 Å². The van der Waals surface area contributed by atoms with Gasteiger partial charge in [0.15, 0.2) is 0 Å². The Bertz CT molecular complexity index is 377. The number of hydrogen-bond donors (Lipinski definition) is 0. The average Bonchev–Trinajstić information content (AvgIpc) is 2.26. The number of alkyl halides is 1. The van der Waals surface area contributed by atoms with E-state index in [-0.39, 0.29) is 0 Å². The first kappa shape index (κ1) is 10.2. The van der Waals surface area contributed by atoms with E-state index in [0.29, 0.717) is 10.2 Å². The molecule has 2 rings (SSSR count). The summed E-state index contributed by atoms with van der Waals surface area (Å²) in [6, 6.07) is 4.71. The zero-order valence-corrected chi connectivity index (χ0v) is 10.9. The van der Waals surface area contributed by atoms with E-state index in [1.165, 1.54) is 28.7 Å². The van der Waals surface area contributed by atoms with Crippen molar-refractivity contribution >= 4 is 15.9 Å². The normalized spacial score (nSPS) is 23.6. The lowest BCUT2D eigenvalue weighted by Crippen LogP contribution is -2.12. The van der Waals surface area contributed by atoms with Gasteiger partial charge in [0.25, 0.3) is 0 Å². The van der Waals surface area contributed by atoms with Crippen LogP contribution in [-0.2, 0) is 5.41 Å². The van der Waals surface area contributed by atoms with Crippen molar-refractivity contribution in [2.75, 3.05) is 0 Å². The summed E-state index contributed by atoms with van der Waals surface area (Å²) >= 11 is 3.77. The summed E-state index contributed by atoms with van der Waals surface area (Å²) in [5, 5.41) is 0. The highest BCUT2D eigenvalue weighted by Gasteiger charge is 2.35. The summed E-state index contributed by atoms with van der Waals surface area (Å²) < 4.78 is 0. The highest BCUT2D eigenvalue weighted by Crippen LogP contribution is 2.49. The zero-order valence-electron chi connectivity index (χ0n) is 9.32. The molecule has 0 nitrogen and oxygen atoms in total. The highest BCUT2D eigenvalue weighted by atomic mass is 79.9. The van der Waals surface area contributed by atoms with E-state index < -0.39 is 0 Å². The Morgan fingerprint density at radius 2 is 1.79 bits per heavy atom. The van der Waals surface area contributed by atoms with Crippen molar-refractivity contribution in [3.05, 3.63) is 34.4 Å². The second-order valence-corrected chi connectivity index (χ2v) is 6.18. The standard InChI is InChI=1S/C13H17Br/c1-8-5-10-11(6-9(8)2)13(3,4)7-12(10)14/h5-6,12H,7H2,1-4H3. The Labute approximate surface area is 94.8 Å². The lowest BCUT2D eigenvalue weighted by Gasteiger charge is -2.19. The number of hydrogen-bond acceptors (Lipinski definition) is 0. The van der Waals surface area contributed by atoms with Crippen LogP contribution in [0.15, 0.2) is 12.1 Å². The third-order valence-corrected chi connectivity index (χ3v) is 4.24. The van der Waals surface area contributed by atoms with Crippen molar-refractivity contribution in [2.45, 2.75) is 44.4 Å². The molecule has 0 aromatic heterocycles. The van der Waals surface area contributed by atoms with Crippen LogP contribution in [0, 0.1) is 13.8 Å². The lowest BCUT2D eigenvalue weighted by molar-refractivity contribution is 0.520. The van der Waals surface area contributed by atoms with Crippen LogP contribution in [0.25, 0.3) is 0 Å². The van der Waals surface area contributed by atoms with Gasteiger partial charge in [0, 0.05) is 4.83 Å². The Kier molecular flexibility index (Phi) is 2.26. The van der Waals surface area contributed by atoms with E-state index in [0.717, 1.165) is 0 Å². The Morgan fingerprint density at radius 1 is 1.21 bits per heavy atom. The molecular formula is C13H17Br. The molecule has 76 valence electrons. The number of fused-ring (bicyclic) bond motifs is 1. The Morgan fingerprint density at radius 3 is 2.43 bits per heavy atom. The molecule has 0 bridgehead atoms. The number of benzene rings is 1. The van der Waals surface area contributed by atoms with Crippen molar-refractivity contribution in [1.82, 2.24) is 0 Å². The van der Waals surface area contributed by atoms with Crippen molar-refractivity contribution < 1.29 is 0 Å². The van der Waals surface area contributed by atoms with E-state index in [9.17, 15) is 0 Å². The molecule has 0 fully saturated rings. The van der Waals surface area contributed by atoms with Gasteiger partial charge in [-0.2, -0.15) is 0 Å². The molecule has 0 spiro atoms. The monoisotopic (exact) mass is 252 g/mol.